The molecular weight excluding hydrogens is 356 g/mol. The van der Waals surface area contributed by atoms with Gasteiger partial charge in [0, 0.05) is 5.41 Å². The predicted octanol–water partition coefficient (Wildman–Crippen LogP) is 6.35. The largest absolute Gasteiger partial charge is 0.374 e. The van der Waals surface area contributed by atoms with E-state index >= 15 is 0 Å². The highest BCUT2D eigenvalue weighted by atomic mass is 16.5. The summed E-state index contributed by atoms with van der Waals surface area (Å²) in [5, 5.41) is 0. The van der Waals surface area contributed by atoms with Crippen LogP contribution in [0.3, 0.4) is 0 Å². The molecule has 0 aromatic heterocycles. The Morgan fingerprint density at radius 2 is 1.83 bits per heavy atom. The predicted molar refractivity (Wildman–Crippen MR) is 116 cm³/mol. The Labute approximate surface area is 176 Å². The monoisotopic (exact) mass is 392 g/mol. The number of benzene rings is 1. The average molecular weight is 393 g/mol. The molecule has 3 fully saturated rings. The standard InChI is InChI=1S/C27H36O2/c1-18-15-24(28)27(3)14-12-23-22(25(18)27)10-9-20-16-21(11-13-26(20,23)2)29-17-19-7-5-4-6-8-19/h4-8,15,20-23,25H,9-14,16-17H2,1-3H3. The van der Waals surface area contributed by atoms with Gasteiger partial charge in [-0.25, -0.2) is 0 Å². The SMILES string of the molecule is CC1=CC(=O)C2(C)CCC3C(CCC4CC(OCc5ccccc5)CCC43C)C12. The van der Waals surface area contributed by atoms with Crippen molar-refractivity contribution in [2.75, 3.05) is 0 Å². The number of rotatable bonds is 3. The van der Waals surface area contributed by atoms with E-state index in [2.05, 4.69) is 51.1 Å². The quantitative estimate of drug-likeness (QED) is 0.599. The normalized spacial score (nSPS) is 43.9. The van der Waals surface area contributed by atoms with Gasteiger partial charge in [0.1, 0.15) is 0 Å². The second-order valence-corrected chi connectivity index (χ2v) is 10.9. The summed E-state index contributed by atoms with van der Waals surface area (Å²) in [5.41, 5.74) is 2.98. The molecular formula is C27H36O2. The van der Waals surface area contributed by atoms with E-state index in [4.69, 9.17) is 4.74 Å². The topological polar surface area (TPSA) is 26.3 Å². The van der Waals surface area contributed by atoms with Crippen LogP contribution in [-0.4, -0.2) is 11.9 Å². The van der Waals surface area contributed by atoms with Crippen molar-refractivity contribution in [2.45, 2.75) is 78.4 Å². The van der Waals surface area contributed by atoms with Crippen LogP contribution in [0.2, 0.25) is 0 Å². The van der Waals surface area contributed by atoms with Crippen molar-refractivity contribution in [1.82, 2.24) is 0 Å². The van der Waals surface area contributed by atoms with E-state index in [0.717, 1.165) is 24.9 Å². The molecule has 0 heterocycles. The fraction of sp³-hybridized carbons (Fsp3) is 0.667. The summed E-state index contributed by atoms with van der Waals surface area (Å²) in [5.74, 6) is 3.18. The molecule has 0 spiro atoms. The Morgan fingerprint density at radius 1 is 1.03 bits per heavy atom. The maximum absolute atomic E-state index is 12.7. The summed E-state index contributed by atoms with van der Waals surface area (Å²) in [7, 11) is 0. The molecule has 3 saturated carbocycles. The van der Waals surface area contributed by atoms with Crippen LogP contribution in [0, 0.1) is 34.5 Å². The highest BCUT2D eigenvalue weighted by Crippen LogP contribution is 2.65. The Kier molecular flexibility index (Phi) is 4.77. The van der Waals surface area contributed by atoms with E-state index in [1.165, 1.54) is 49.7 Å². The van der Waals surface area contributed by atoms with Crippen LogP contribution in [0.15, 0.2) is 42.0 Å². The van der Waals surface area contributed by atoms with Gasteiger partial charge < -0.3 is 4.74 Å². The molecule has 7 unspecified atom stereocenters. The minimum atomic E-state index is -0.107. The number of allylic oxidation sites excluding steroid dienone is 2. The maximum Gasteiger partial charge on any atom is 0.162 e. The zero-order valence-electron chi connectivity index (χ0n) is 18.3. The molecule has 0 aliphatic heterocycles. The second kappa shape index (κ2) is 7.08. The Morgan fingerprint density at radius 3 is 2.62 bits per heavy atom. The fourth-order valence-corrected chi connectivity index (χ4v) is 7.94. The van der Waals surface area contributed by atoms with E-state index in [1.54, 1.807) is 0 Å². The van der Waals surface area contributed by atoms with E-state index in [-0.39, 0.29) is 5.41 Å². The molecule has 1 aromatic rings. The molecule has 156 valence electrons. The average Bonchev–Trinajstić information content (AvgIpc) is 2.95. The van der Waals surface area contributed by atoms with Crippen LogP contribution in [-0.2, 0) is 16.1 Å². The van der Waals surface area contributed by atoms with Crippen LogP contribution >= 0.6 is 0 Å². The summed E-state index contributed by atoms with van der Waals surface area (Å²) in [6.07, 6.45) is 11.0. The first-order valence-electron chi connectivity index (χ1n) is 11.8. The lowest BCUT2D eigenvalue weighted by Gasteiger charge is -2.60. The van der Waals surface area contributed by atoms with Crippen molar-refractivity contribution in [2.24, 2.45) is 34.5 Å². The Balaban J connectivity index is 1.29. The molecule has 2 heteroatoms. The van der Waals surface area contributed by atoms with Crippen LogP contribution < -0.4 is 0 Å². The van der Waals surface area contributed by atoms with Crippen molar-refractivity contribution in [3.8, 4) is 0 Å². The minimum absolute atomic E-state index is 0.107. The third-order valence-electron chi connectivity index (χ3n) is 9.53. The third kappa shape index (κ3) is 3.05. The smallest absolute Gasteiger partial charge is 0.162 e. The van der Waals surface area contributed by atoms with Gasteiger partial charge in [-0.05, 0) is 92.6 Å². The van der Waals surface area contributed by atoms with Crippen molar-refractivity contribution < 1.29 is 9.53 Å². The number of fused-ring (bicyclic) bond motifs is 5. The third-order valence-corrected chi connectivity index (χ3v) is 9.53. The Hall–Kier alpha value is -1.41. The molecule has 0 bridgehead atoms. The fourth-order valence-electron chi connectivity index (χ4n) is 7.94. The number of hydrogen-bond acceptors (Lipinski definition) is 2. The number of ketones is 1. The zero-order chi connectivity index (χ0) is 20.2. The molecule has 0 saturated heterocycles. The van der Waals surface area contributed by atoms with Crippen molar-refractivity contribution in [3.63, 3.8) is 0 Å². The van der Waals surface area contributed by atoms with Crippen LogP contribution in [0.5, 0.6) is 0 Å². The molecule has 4 aliphatic rings. The molecule has 1 aromatic carbocycles. The maximum atomic E-state index is 12.7. The van der Waals surface area contributed by atoms with Crippen molar-refractivity contribution in [1.29, 1.82) is 0 Å². The highest BCUT2D eigenvalue weighted by Gasteiger charge is 2.60. The van der Waals surface area contributed by atoms with E-state index in [0.29, 0.717) is 29.1 Å². The van der Waals surface area contributed by atoms with Gasteiger partial charge >= 0.3 is 0 Å². The first-order valence-corrected chi connectivity index (χ1v) is 11.8. The molecule has 0 N–H and O–H groups in total. The number of ether oxygens (including phenoxy) is 1. The summed E-state index contributed by atoms with van der Waals surface area (Å²) in [6, 6.07) is 10.6. The van der Waals surface area contributed by atoms with E-state index < -0.39 is 0 Å². The summed E-state index contributed by atoms with van der Waals surface area (Å²) in [4.78, 5) is 12.7. The number of carbonyl (C=O) groups excluding carboxylic acids is 1. The van der Waals surface area contributed by atoms with Gasteiger partial charge in [0.25, 0.3) is 0 Å². The van der Waals surface area contributed by atoms with Crippen LogP contribution in [0.1, 0.15) is 71.3 Å². The lowest BCUT2D eigenvalue weighted by Crippen LogP contribution is -2.54. The lowest BCUT2D eigenvalue weighted by molar-refractivity contribution is -0.144. The van der Waals surface area contributed by atoms with Gasteiger partial charge in [-0.3, -0.25) is 4.79 Å². The van der Waals surface area contributed by atoms with Gasteiger partial charge in [0.05, 0.1) is 12.7 Å². The van der Waals surface area contributed by atoms with Gasteiger partial charge in [-0.15, -0.1) is 0 Å². The van der Waals surface area contributed by atoms with Gasteiger partial charge in [-0.1, -0.05) is 49.8 Å². The zero-order valence-corrected chi connectivity index (χ0v) is 18.3. The van der Waals surface area contributed by atoms with Crippen LogP contribution in [0.4, 0.5) is 0 Å². The molecule has 0 radical (unpaired) electrons. The first kappa shape index (κ1) is 19.5. The molecule has 5 rings (SSSR count). The minimum Gasteiger partial charge on any atom is -0.374 e. The number of hydrogen-bond donors (Lipinski definition) is 0. The second-order valence-electron chi connectivity index (χ2n) is 10.9. The summed E-state index contributed by atoms with van der Waals surface area (Å²) >= 11 is 0. The van der Waals surface area contributed by atoms with E-state index in [9.17, 15) is 4.79 Å². The van der Waals surface area contributed by atoms with Crippen LogP contribution in [0.25, 0.3) is 0 Å². The Bertz CT molecular complexity index is 811. The first-order chi connectivity index (χ1) is 13.9. The number of carbonyl (C=O) groups is 1. The summed E-state index contributed by atoms with van der Waals surface area (Å²) < 4.78 is 6.36. The molecule has 7 atom stereocenters. The van der Waals surface area contributed by atoms with Gasteiger partial charge in [0.2, 0.25) is 0 Å². The highest BCUT2D eigenvalue weighted by molar-refractivity contribution is 5.98. The molecule has 2 nitrogen and oxygen atoms in total. The van der Waals surface area contributed by atoms with Crippen molar-refractivity contribution in [3.05, 3.63) is 47.5 Å². The molecule has 4 aliphatic carbocycles. The van der Waals surface area contributed by atoms with Gasteiger partial charge in [-0.2, -0.15) is 0 Å². The summed E-state index contributed by atoms with van der Waals surface area (Å²) in [6.45, 7) is 7.80. The lowest BCUT2D eigenvalue weighted by atomic mass is 9.44. The van der Waals surface area contributed by atoms with E-state index in [1.807, 2.05) is 6.08 Å². The van der Waals surface area contributed by atoms with Gasteiger partial charge in [0.15, 0.2) is 5.78 Å². The molecule has 29 heavy (non-hydrogen) atoms. The molecule has 0 amide bonds. The van der Waals surface area contributed by atoms with Crippen molar-refractivity contribution >= 4 is 5.78 Å².